The fourth-order valence-corrected chi connectivity index (χ4v) is 7.20. The Hall–Kier alpha value is -3.85. The summed E-state index contributed by atoms with van der Waals surface area (Å²) in [6.45, 7) is 0.797. The minimum Gasteiger partial charge on any atom is -0.369 e. The molecule has 0 radical (unpaired) electrons. The van der Waals surface area contributed by atoms with E-state index in [9.17, 15) is 31.6 Å². The molecule has 0 bridgehead atoms. The first-order valence-corrected chi connectivity index (χ1v) is 15.9. The monoisotopic (exact) mass is 597 g/mol. The van der Waals surface area contributed by atoms with Crippen molar-refractivity contribution in [2.45, 2.75) is 50.0 Å². The molecule has 0 unspecified atom stereocenters. The summed E-state index contributed by atoms with van der Waals surface area (Å²) in [5.41, 5.74) is 2.06. The third-order valence-corrected chi connectivity index (χ3v) is 10.3. The number of anilines is 1. The fraction of sp³-hybridized carbons (Fsp3) is 0.433. The van der Waals surface area contributed by atoms with Crippen molar-refractivity contribution in [2.24, 2.45) is 5.92 Å². The molecule has 3 fully saturated rings. The molecule has 12 heteroatoms. The average Bonchev–Trinajstić information content (AvgIpc) is 3.62. The lowest BCUT2D eigenvalue weighted by Gasteiger charge is -2.31. The molecule has 2 aliphatic carbocycles. The molecule has 1 saturated heterocycles. The number of sulfone groups is 1. The van der Waals surface area contributed by atoms with Gasteiger partial charge in [-0.15, -0.1) is 0 Å². The maximum Gasteiger partial charge on any atom is 0.225 e. The Balaban J connectivity index is 1.38. The van der Waals surface area contributed by atoms with Crippen LogP contribution in [0, 0.1) is 34.7 Å². The quantitative estimate of drug-likeness (QED) is 0.415. The lowest BCUT2D eigenvalue weighted by atomic mass is 9.75. The summed E-state index contributed by atoms with van der Waals surface area (Å²) in [6.07, 6.45) is 5.84. The highest BCUT2D eigenvalue weighted by molar-refractivity contribution is 7.91. The smallest absolute Gasteiger partial charge is 0.225 e. The maximum atomic E-state index is 14.2. The zero-order chi connectivity index (χ0) is 29.6. The van der Waals surface area contributed by atoms with Crippen molar-refractivity contribution in [1.29, 1.82) is 5.26 Å². The van der Waals surface area contributed by atoms with Crippen molar-refractivity contribution in [3.05, 3.63) is 65.7 Å². The summed E-state index contributed by atoms with van der Waals surface area (Å²) in [5.74, 6) is -5.01. The molecule has 3 aromatic rings. The number of aromatic nitrogens is 2. The molecule has 2 heterocycles. The summed E-state index contributed by atoms with van der Waals surface area (Å²) < 4.78 is 67.1. The number of carbonyl (C=O) groups is 1. The van der Waals surface area contributed by atoms with Gasteiger partial charge in [0.05, 0.1) is 29.0 Å². The molecule has 1 aliphatic heterocycles. The first-order chi connectivity index (χ1) is 20.1. The normalized spacial score (nSPS) is 22.8. The van der Waals surface area contributed by atoms with Crippen molar-refractivity contribution in [3.63, 3.8) is 0 Å². The predicted octanol–water partition coefficient (Wildman–Crippen LogP) is 4.64. The van der Waals surface area contributed by atoms with Crippen LogP contribution in [0.5, 0.6) is 0 Å². The van der Waals surface area contributed by atoms with Crippen LogP contribution in [0.15, 0.2) is 42.6 Å². The molecule has 220 valence electrons. The second-order valence-corrected chi connectivity index (χ2v) is 13.8. The fourth-order valence-electron chi connectivity index (χ4n) is 6.00. The molecule has 1 amide bonds. The van der Waals surface area contributed by atoms with Gasteiger partial charge in [-0.05, 0) is 43.4 Å². The number of benzene rings is 2. The molecule has 2 saturated carbocycles. The third kappa shape index (κ3) is 5.50. The summed E-state index contributed by atoms with van der Waals surface area (Å²) in [7, 11) is -3.03. The molecule has 1 aromatic heterocycles. The van der Waals surface area contributed by atoms with Gasteiger partial charge in [0.1, 0.15) is 5.54 Å². The van der Waals surface area contributed by atoms with Gasteiger partial charge in [0.15, 0.2) is 27.3 Å². The van der Waals surface area contributed by atoms with Gasteiger partial charge in [0.25, 0.3) is 0 Å². The maximum absolute atomic E-state index is 14.2. The van der Waals surface area contributed by atoms with Gasteiger partial charge in [-0.2, -0.15) is 10.4 Å². The molecular weight excluding hydrogens is 567 g/mol. The predicted molar refractivity (Wildman–Crippen MR) is 150 cm³/mol. The van der Waals surface area contributed by atoms with Gasteiger partial charge in [-0.1, -0.05) is 25.0 Å². The van der Waals surface area contributed by atoms with Gasteiger partial charge < -0.3 is 10.2 Å². The Morgan fingerprint density at radius 1 is 1.00 bits per heavy atom. The van der Waals surface area contributed by atoms with E-state index in [4.69, 9.17) is 5.10 Å². The van der Waals surface area contributed by atoms with E-state index in [1.54, 1.807) is 6.20 Å². The van der Waals surface area contributed by atoms with Crippen LogP contribution >= 0.6 is 0 Å². The number of amides is 1. The van der Waals surface area contributed by atoms with Crippen molar-refractivity contribution >= 4 is 21.4 Å². The van der Waals surface area contributed by atoms with Crippen LogP contribution in [-0.2, 0) is 14.6 Å². The highest BCUT2D eigenvalue weighted by atomic mass is 32.2. The Kier molecular flexibility index (Phi) is 7.25. The van der Waals surface area contributed by atoms with Crippen LogP contribution in [0.4, 0.5) is 18.9 Å². The number of nitriles is 1. The lowest BCUT2D eigenvalue weighted by Crippen LogP contribution is -2.42. The number of hydrogen-bond donors (Lipinski definition) is 1. The van der Waals surface area contributed by atoms with E-state index in [2.05, 4.69) is 11.4 Å². The minimum atomic E-state index is -3.03. The molecule has 2 atom stereocenters. The second-order valence-electron chi connectivity index (χ2n) is 11.5. The Morgan fingerprint density at radius 3 is 2.26 bits per heavy atom. The van der Waals surface area contributed by atoms with Gasteiger partial charge >= 0.3 is 0 Å². The lowest BCUT2D eigenvalue weighted by molar-refractivity contribution is -0.127. The number of nitrogens with one attached hydrogen (secondary N) is 1. The zero-order valence-electron chi connectivity index (χ0n) is 22.8. The molecule has 42 heavy (non-hydrogen) atoms. The van der Waals surface area contributed by atoms with Crippen molar-refractivity contribution < 1.29 is 26.4 Å². The van der Waals surface area contributed by atoms with Crippen molar-refractivity contribution in [2.75, 3.05) is 29.5 Å². The molecule has 1 N–H and O–H groups in total. The van der Waals surface area contributed by atoms with Crippen molar-refractivity contribution in [1.82, 2.24) is 15.1 Å². The molecule has 3 aliphatic rings. The van der Waals surface area contributed by atoms with Gasteiger partial charge in [-0.3, -0.25) is 4.79 Å². The third-order valence-electron chi connectivity index (χ3n) is 8.64. The molecule has 2 aromatic carbocycles. The number of carbonyl (C=O) groups excluding carboxylic acids is 1. The highest BCUT2D eigenvalue weighted by Gasteiger charge is 2.47. The Labute approximate surface area is 242 Å². The highest BCUT2D eigenvalue weighted by Crippen LogP contribution is 2.43. The van der Waals surface area contributed by atoms with E-state index in [1.165, 1.54) is 4.68 Å². The van der Waals surface area contributed by atoms with E-state index < -0.39 is 38.7 Å². The van der Waals surface area contributed by atoms with E-state index in [1.807, 2.05) is 29.2 Å². The summed E-state index contributed by atoms with van der Waals surface area (Å²) >= 11 is 0. The second kappa shape index (κ2) is 10.8. The van der Waals surface area contributed by atoms with Crippen LogP contribution in [0.25, 0.3) is 16.8 Å². The van der Waals surface area contributed by atoms with Crippen LogP contribution in [-0.4, -0.2) is 54.2 Å². The number of hydrogen-bond acceptors (Lipinski definition) is 6. The van der Waals surface area contributed by atoms with Crippen molar-refractivity contribution in [3.8, 4) is 22.9 Å². The molecule has 6 rings (SSSR count). The summed E-state index contributed by atoms with van der Waals surface area (Å²) in [4.78, 5) is 15.4. The first-order valence-electron chi connectivity index (χ1n) is 14.1. The SMILES string of the molecule is N#CC1(NC(=O)[C@@H]2CCCC[C@H]2c2nn(-c3cc(F)c(F)c(F)c3)cc2-c2ccc(N3CCS(=O)(=O)CC3)cc2)CC1. The standard InChI is InChI=1S/C30H30F3N5O3S/c31-25-15-21(16-26(32)27(25)33)38-17-24(19-5-7-20(8-6-19)37-11-13-42(40,41)14-12-37)28(36-38)22-3-1-2-4-23(22)29(39)35-30(18-34)9-10-30/h5-8,15-17,22-23H,1-4,9-14H2,(H,35,39)/t22-,23-/m1/s1. The van der Waals surface area contributed by atoms with Crippen LogP contribution in [0.3, 0.4) is 0 Å². The van der Waals surface area contributed by atoms with Gasteiger partial charge in [0.2, 0.25) is 5.91 Å². The molecule has 0 spiro atoms. The first kappa shape index (κ1) is 28.3. The number of rotatable bonds is 6. The van der Waals surface area contributed by atoms with Crippen LogP contribution in [0.1, 0.15) is 50.1 Å². The van der Waals surface area contributed by atoms with Crippen LogP contribution < -0.4 is 10.2 Å². The van der Waals surface area contributed by atoms with Gasteiger partial charge in [0, 0.05) is 54.5 Å². The Morgan fingerprint density at radius 2 is 1.64 bits per heavy atom. The van der Waals surface area contributed by atoms with E-state index in [0.717, 1.165) is 36.2 Å². The number of nitrogens with zero attached hydrogens (tertiary/aromatic N) is 4. The molecular formula is C30H30F3N5O3S. The van der Waals surface area contributed by atoms with Crippen LogP contribution in [0.2, 0.25) is 0 Å². The zero-order valence-corrected chi connectivity index (χ0v) is 23.6. The summed E-state index contributed by atoms with van der Waals surface area (Å²) in [5, 5.41) is 17.2. The Bertz CT molecular complexity index is 1640. The molecule has 8 nitrogen and oxygen atoms in total. The largest absolute Gasteiger partial charge is 0.369 e. The van der Waals surface area contributed by atoms with Gasteiger partial charge in [-0.25, -0.2) is 26.3 Å². The van der Waals surface area contributed by atoms with E-state index in [0.29, 0.717) is 50.0 Å². The van der Waals surface area contributed by atoms with E-state index in [-0.39, 0.29) is 29.0 Å². The average molecular weight is 598 g/mol. The minimum absolute atomic E-state index is 0.00303. The van der Waals surface area contributed by atoms with E-state index >= 15 is 0 Å². The summed E-state index contributed by atoms with van der Waals surface area (Å²) in [6, 6.07) is 11.5. The topological polar surface area (TPSA) is 108 Å². The number of halogens is 3.